The van der Waals surface area contributed by atoms with E-state index in [1.165, 1.54) is 0 Å². The van der Waals surface area contributed by atoms with Gasteiger partial charge in [0.05, 0.1) is 20.0 Å². The molecule has 0 unspecified atom stereocenters. The number of ether oxygens (including phenoxy) is 3. The minimum Gasteiger partial charge on any atom is -0.493 e. The predicted molar refractivity (Wildman–Crippen MR) is 109 cm³/mol. The number of nitrogens with one attached hydrogen (secondary N) is 1. The van der Waals surface area contributed by atoms with E-state index < -0.39 is 15.7 Å². The lowest BCUT2D eigenvalue weighted by atomic mass is 10.1. The molecule has 29 heavy (non-hydrogen) atoms. The molecule has 1 aliphatic rings. The zero-order chi connectivity index (χ0) is 20.9. The van der Waals surface area contributed by atoms with E-state index in [2.05, 4.69) is 5.32 Å². The summed E-state index contributed by atoms with van der Waals surface area (Å²) >= 11 is 0. The van der Waals surface area contributed by atoms with Crippen LogP contribution in [0.2, 0.25) is 0 Å². The van der Waals surface area contributed by atoms with E-state index in [-0.39, 0.29) is 23.0 Å². The van der Waals surface area contributed by atoms with Crippen LogP contribution >= 0.6 is 0 Å². The number of carbonyl (C=O) groups excluding carboxylic acids is 1. The van der Waals surface area contributed by atoms with Crippen molar-refractivity contribution in [3.8, 4) is 11.5 Å². The molecule has 0 saturated heterocycles. The molecule has 2 aromatic rings. The molecule has 1 aliphatic heterocycles. The Labute approximate surface area is 170 Å². The Bertz CT molecular complexity index is 1010. The minimum atomic E-state index is -3.60. The van der Waals surface area contributed by atoms with Crippen LogP contribution in [0.4, 0.5) is 0 Å². The second-order valence-electron chi connectivity index (χ2n) is 6.39. The Morgan fingerprint density at radius 3 is 2.48 bits per heavy atom. The van der Waals surface area contributed by atoms with E-state index in [0.29, 0.717) is 30.0 Å². The summed E-state index contributed by atoms with van der Waals surface area (Å²) < 4.78 is 41.1. The van der Waals surface area contributed by atoms with Crippen molar-refractivity contribution in [1.29, 1.82) is 0 Å². The molecule has 1 heterocycles. The molecule has 0 radical (unpaired) electrons. The van der Waals surface area contributed by atoms with Crippen molar-refractivity contribution >= 4 is 20.6 Å². The number of benzene rings is 2. The number of methoxy groups -OCH3 is 2. The van der Waals surface area contributed by atoms with Gasteiger partial charge in [0.15, 0.2) is 21.3 Å². The van der Waals surface area contributed by atoms with Gasteiger partial charge in [-0.1, -0.05) is 36.4 Å². The summed E-state index contributed by atoms with van der Waals surface area (Å²) in [7, 11) is -0.480. The first kappa shape index (κ1) is 20.7. The van der Waals surface area contributed by atoms with E-state index in [1.54, 1.807) is 50.6 Å². The van der Waals surface area contributed by atoms with Crippen LogP contribution < -0.4 is 14.8 Å². The third-order valence-electron chi connectivity index (χ3n) is 4.51. The fourth-order valence-corrected chi connectivity index (χ4v) is 4.50. The van der Waals surface area contributed by atoms with Gasteiger partial charge >= 0.3 is 0 Å². The molecule has 0 aliphatic carbocycles. The number of rotatable bonds is 7. The molecule has 154 valence electrons. The van der Waals surface area contributed by atoms with E-state index in [1.807, 2.05) is 12.1 Å². The molecule has 7 nitrogen and oxygen atoms in total. The molecule has 0 saturated carbocycles. The molecule has 0 aromatic heterocycles. The smallest absolute Gasteiger partial charge is 0.287 e. The quantitative estimate of drug-likeness (QED) is 0.743. The van der Waals surface area contributed by atoms with Crippen LogP contribution in [0, 0.1) is 0 Å². The molecule has 0 atom stereocenters. The van der Waals surface area contributed by atoms with Crippen molar-refractivity contribution in [3.05, 3.63) is 65.4 Å². The summed E-state index contributed by atoms with van der Waals surface area (Å²) in [5, 5.41) is 2.75. The van der Waals surface area contributed by atoms with Crippen LogP contribution in [0.3, 0.4) is 0 Å². The molecule has 0 fully saturated rings. The van der Waals surface area contributed by atoms with Gasteiger partial charge in [-0.3, -0.25) is 4.79 Å². The van der Waals surface area contributed by atoms with Crippen molar-refractivity contribution in [2.45, 2.75) is 6.42 Å². The third kappa shape index (κ3) is 4.71. The van der Waals surface area contributed by atoms with Gasteiger partial charge in [0.1, 0.15) is 11.5 Å². The molecular weight excluding hydrogens is 394 g/mol. The Balaban J connectivity index is 1.76. The van der Waals surface area contributed by atoms with Crippen molar-refractivity contribution < 1.29 is 27.4 Å². The van der Waals surface area contributed by atoms with Crippen LogP contribution in [0.1, 0.15) is 11.1 Å². The van der Waals surface area contributed by atoms with Crippen LogP contribution in [-0.2, 0) is 25.8 Å². The van der Waals surface area contributed by atoms with Gasteiger partial charge in [0, 0.05) is 6.54 Å². The SMILES string of the molecule is COc1ccc(CCNC(=O)C2=C(c3ccccc3)S(=O)(=O)CCO2)cc1OC. The maximum Gasteiger partial charge on any atom is 0.287 e. The van der Waals surface area contributed by atoms with Crippen molar-refractivity contribution in [1.82, 2.24) is 5.32 Å². The Morgan fingerprint density at radius 2 is 1.79 bits per heavy atom. The molecule has 3 rings (SSSR count). The molecule has 1 amide bonds. The molecular formula is C21H23NO6S. The van der Waals surface area contributed by atoms with E-state index in [4.69, 9.17) is 14.2 Å². The van der Waals surface area contributed by atoms with E-state index >= 15 is 0 Å². The number of amides is 1. The largest absolute Gasteiger partial charge is 0.493 e. The summed E-state index contributed by atoms with van der Waals surface area (Å²) in [6, 6.07) is 14.0. The molecule has 2 aromatic carbocycles. The first-order valence-corrected chi connectivity index (χ1v) is 10.8. The lowest BCUT2D eigenvalue weighted by molar-refractivity contribution is -0.120. The average Bonchev–Trinajstić information content (AvgIpc) is 2.73. The zero-order valence-corrected chi connectivity index (χ0v) is 17.1. The highest BCUT2D eigenvalue weighted by molar-refractivity contribution is 8.00. The summed E-state index contributed by atoms with van der Waals surface area (Å²) in [6.45, 7) is 0.264. The fraction of sp³-hybridized carbons (Fsp3) is 0.286. The second-order valence-corrected chi connectivity index (χ2v) is 8.43. The Morgan fingerprint density at radius 1 is 1.07 bits per heavy atom. The second kappa shape index (κ2) is 9.00. The van der Waals surface area contributed by atoms with Crippen LogP contribution in [-0.4, -0.2) is 47.4 Å². The number of sulfone groups is 1. The van der Waals surface area contributed by atoms with Gasteiger partial charge in [0.2, 0.25) is 5.76 Å². The molecule has 8 heteroatoms. The van der Waals surface area contributed by atoms with E-state index in [9.17, 15) is 13.2 Å². The highest BCUT2D eigenvalue weighted by Gasteiger charge is 2.33. The molecule has 1 N–H and O–H groups in total. The van der Waals surface area contributed by atoms with Gasteiger partial charge in [-0.25, -0.2) is 8.42 Å². The number of hydrogen-bond donors (Lipinski definition) is 1. The summed E-state index contributed by atoms with van der Waals surface area (Å²) in [6.07, 6.45) is 0.535. The Hall–Kier alpha value is -3.00. The normalized spacial score (nSPS) is 15.4. The van der Waals surface area contributed by atoms with Crippen molar-refractivity contribution in [3.63, 3.8) is 0 Å². The van der Waals surface area contributed by atoms with Crippen LogP contribution in [0.25, 0.3) is 4.91 Å². The van der Waals surface area contributed by atoms with Crippen LogP contribution in [0.15, 0.2) is 54.3 Å². The van der Waals surface area contributed by atoms with Gasteiger partial charge in [-0.2, -0.15) is 0 Å². The summed E-state index contributed by atoms with van der Waals surface area (Å²) in [4.78, 5) is 12.6. The van der Waals surface area contributed by atoms with Crippen molar-refractivity contribution in [2.24, 2.45) is 0 Å². The standard InChI is InChI=1S/C21H23NO6S/c1-26-17-9-8-15(14-18(17)27-2)10-11-22-21(23)19-20(16-6-4-3-5-7-16)29(24,25)13-12-28-19/h3-9,14H,10-13H2,1-2H3,(H,22,23). The predicted octanol–water partition coefficient (Wildman–Crippen LogP) is 2.18. The lowest BCUT2D eigenvalue weighted by Gasteiger charge is -2.21. The number of hydrogen-bond acceptors (Lipinski definition) is 6. The lowest BCUT2D eigenvalue weighted by Crippen LogP contribution is -2.33. The monoisotopic (exact) mass is 417 g/mol. The average molecular weight is 417 g/mol. The van der Waals surface area contributed by atoms with Gasteiger partial charge < -0.3 is 19.5 Å². The van der Waals surface area contributed by atoms with Gasteiger partial charge in [-0.05, 0) is 29.7 Å². The fourth-order valence-electron chi connectivity index (χ4n) is 3.07. The maximum absolute atomic E-state index is 12.7. The summed E-state index contributed by atoms with van der Waals surface area (Å²) in [5.41, 5.74) is 1.38. The molecule has 0 spiro atoms. The molecule has 0 bridgehead atoms. The first-order valence-electron chi connectivity index (χ1n) is 9.10. The zero-order valence-electron chi connectivity index (χ0n) is 16.3. The minimum absolute atomic E-state index is 0.0445. The summed E-state index contributed by atoms with van der Waals surface area (Å²) in [5.74, 6) is 0.368. The number of carbonyl (C=O) groups is 1. The maximum atomic E-state index is 12.7. The van der Waals surface area contributed by atoms with Gasteiger partial charge in [-0.15, -0.1) is 0 Å². The Kier molecular flexibility index (Phi) is 6.43. The third-order valence-corrected chi connectivity index (χ3v) is 6.25. The van der Waals surface area contributed by atoms with Crippen molar-refractivity contribution in [2.75, 3.05) is 33.1 Å². The van der Waals surface area contributed by atoms with E-state index in [0.717, 1.165) is 5.56 Å². The van der Waals surface area contributed by atoms with Crippen LogP contribution in [0.5, 0.6) is 11.5 Å². The first-order chi connectivity index (χ1) is 14.0. The highest BCUT2D eigenvalue weighted by atomic mass is 32.2. The topological polar surface area (TPSA) is 90.9 Å². The van der Waals surface area contributed by atoms with Gasteiger partial charge in [0.25, 0.3) is 5.91 Å². The highest BCUT2D eigenvalue weighted by Crippen LogP contribution is 2.30.